The molecule has 0 aliphatic carbocycles. The molecule has 28 heavy (non-hydrogen) atoms. The van der Waals surface area contributed by atoms with Gasteiger partial charge in [0.2, 0.25) is 10.0 Å². The Balaban J connectivity index is 1.55. The van der Waals surface area contributed by atoms with Gasteiger partial charge in [-0.3, -0.25) is 4.79 Å². The molecule has 0 atom stereocenters. The minimum Gasteiger partial charge on any atom is -0.461 e. The van der Waals surface area contributed by atoms with Crippen molar-refractivity contribution in [2.45, 2.75) is 31.3 Å². The van der Waals surface area contributed by atoms with Crippen LogP contribution in [0.4, 0.5) is 0 Å². The normalized spacial score (nSPS) is 16.1. The van der Waals surface area contributed by atoms with Crippen LogP contribution in [0.3, 0.4) is 0 Å². The summed E-state index contributed by atoms with van der Waals surface area (Å²) in [7, 11) is -3.54. The van der Waals surface area contributed by atoms with Gasteiger partial charge in [-0.05, 0) is 49.6 Å². The van der Waals surface area contributed by atoms with Crippen LogP contribution in [-0.2, 0) is 26.2 Å². The number of hydrogen-bond acceptors (Lipinski definition) is 4. The number of piperidine rings is 1. The Morgan fingerprint density at radius 3 is 2.32 bits per heavy atom. The number of halogens is 2. The molecule has 0 spiro atoms. The highest BCUT2D eigenvalue weighted by molar-refractivity contribution is 7.89. The first-order chi connectivity index (χ1) is 13.3. The molecule has 1 fully saturated rings. The Labute approximate surface area is 175 Å². The van der Waals surface area contributed by atoms with Crippen molar-refractivity contribution >= 4 is 39.2 Å². The van der Waals surface area contributed by atoms with E-state index in [9.17, 15) is 13.2 Å². The van der Waals surface area contributed by atoms with Crippen molar-refractivity contribution in [3.05, 3.63) is 63.6 Å². The molecule has 2 aromatic rings. The number of esters is 1. The Hall–Kier alpha value is -1.60. The molecule has 0 unspecified atom stereocenters. The quantitative estimate of drug-likeness (QED) is 0.642. The number of ether oxygens (including phenoxy) is 1. The minimum absolute atomic E-state index is 0.109. The smallest absolute Gasteiger partial charge is 0.309 e. The van der Waals surface area contributed by atoms with Gasteiger partial charge in [0.25, 0.3) is 0 Å². The number of carbonyl (C=O) groups excluding carboxylic acids is 1. The van der Waals surface area contributed by atoms with Crippen molar-refractivity contribution in [3.63, 3.8) is 0 Å². The molecule has 0 radical (unpaired) electrons. The zero-order chi connectivity index (χ0) is 20.3. The molecule has 1 aliphatic rings. The predicted molar refractivity (Wildman–Crippen MR) is 109 cm³/mol. The van der Waals surface area contributed by atoms with Gasteiger partial charge in [-0.2, -0.15) is 4.31 Å². The number of nitrogens with zero attached hydrogens (tertiary/aromatic N) is 1. The van der Waals surface area contributed by atoms with Gasteiger partial charge in [-0.25, -0.2) is 8.42 Å². The fourth-order valence-corrected chi connectivity index (χ4v) is 4.88. The second-order valence-electron chi connectivity index (χ2n) is 6.85. The first-order valence-corrected chi connectivity index (χ1v) is 11.1. The van der Waals surface area contributed by atoms with Crippen LogP contribution in [0.1, 0.15) is 24.0 Å². The van der Waals surface area contributed by atoms with E-state index in [0.717, 1.165) is 11.1 Å². The summed E-state index contributed by atoms with van der Waals surface area (Å²) in [4.78, 5) is 12.6. The molecular formula is C20H21Cl2NO4S. The fraction of sp³-hybridized carbons (Fsp3) is 0.350. The lowest BCUT2D eigenvalue weighted by Crippen LogP contribution is -2.40. The van der Waals surface area contributed by atoms with Gasteiger partial charge in [0.15, 0.2) is 0 Å². The summed E-state index contributed by atoms with van der Waals surface area (Å²) in [5.41, 5.74) is 1.75. The predicted octanol–water partition coefficient (Wildman–Crippen LogP) is 4.45. The van der Waals surface area contributed by atoms with E-state index >= 15 is 0 Å². The average molecular weight is 442 g/mol. The molecule has 0 saturated carbocycles. The molecule has 150 valence electrons. The fourth-order valence-electron chi connectivity index (χ4n) is 3.09. The molecule has 2 aromatic carbocycles. The zero-order valence-electron chi connectivity index (χ0n) is 15.4. The van der Waals surface area contributed by atoms with E-state index in [1.54, 1.807) is 42.5 Å². The summed E-state index contributed by atoms with van der Waals surface area (Å²) in [5, 5.41) is 0.851. The second kappa shape index (κ2) is 8.82. The maximum atomic E-state index is 12.7. The highest BCUT2D eigenvalue weighted by atomic mass is 35.5. The molecule has 0 aromatic heterocycles. The molecule has 8 heteroatoms. The van der Waals surface area contributed by atoms with E-state index < -0.39 is 10.0 Å². The van der Waals surface area contributed by atoms with Crippen LogP contribution in [0.15, 0.2) is 47.4 Å². The first kappa shape index (κ1) is 21.1. The molecule has 1 heterocycles. The maximum absolute atomic E-state index is 12.7. The largest absolute Gasteiger partial charge is 0.461 e. The summed E-state index contributed by atoms with van der Waals surface area (Å²) in [6.45, 7) is 2.61. The van der Waals surface area contributed by atoms with Crippen LogP contribution < -0.4 is 0 Å². The molecule has 3 rings (SSSR count). The summed E-state index contributed by atoms with van der Waals surface area (Å²) < 4.78 is 32.3. The summed E-state index contributed by atoms with van der Waals surface area (Å²) in [5.74, 6) is -0.634. The molecule has 1 aliphatic heterocycles. The van der Waals surface area contributed by atoms with Crippen LogP contribution in [0.2, 0.25) is 10.0 Å². The lowest BCUT2D eigenvalue weighted by molar-refractivity contribution is -0.151. The van der Waals surface area contributed by atoms with E-state index in [1.165, 1.54) is 4.31 Å². The third kappa shape index (κ3) is 4.87. The van der Waals surface area contributed by atoms with Gasteiger partial charge in [0.1, 0.15) is 6.61 Å². The number of aryl methyl sites for hydroxylation is 1. The Morgan fingerprint density at radius 2 is 1.71 bits per heavy atom. The van der Waals surface area contributed by atoms with Gasteiger partial charge in [0.05, 0.1) is 20.9 Å². The molecule has 5 nitrogen and oxygen atoms in total. The average Bonchev–Trinajstić information content (AvgIpc) is 2.69. The number of sulfonamides is 1. The van der Waals surface area contributed by atoms with Crippen LogP contribution in [-0.4, -0.2) is 31.8 Å². The van der Waals surface area contributed by atoms with Crippen LogP contribution >= 0.6 is 23.2 Å². The van der Waals surface area contributed by atoms with Crippen molar-refractivity contribution in [2.75, 3.05) is 13.1 Å². The van der Waals surface area contributed by atoms with Crippen LogP contribution in [0.5, 0.6) is 0 Å². The molecule has 0 amide bonds. The Morgan fingerprint density at radius 1 is 1.07 bits per heavy atom. The number of carbonyl (C=O) groups is 1. The number of hydrogen-bond donors (Lipinski definition) is 0. The monoisotopic (exact) mass is 441 g/mol. The van der Waals surface area contributed by atoms with Crippen molar-refractivity contribution in [3.8, 4) is 0 Å². The Kier molecular flexibility index (Phi) is 6.65. The lowest BCUT2D eigenvalue weighted by Gasteiger charge is -2.30. The number of benzene rings is 2. The van der Waals surface area contributed by atoms with Gasteiger partial charge in [0, 0.05) is 13.1 Å². The highest BCUT2D eigenvalue weighted by Gasteiger charge is 2.32. The summed E-state index contributed by atoms with van der Waals surface area (Å²) >= 11 is 11.8. The van der Waals surface area contributed by atoms with Gasteiger partial charge in [-0.1, -0.05) is 47.0 Å². The molecule has 0 N–H and O–H groups in total. The van der Waals surface area contributed by atoms with Gasteiger partial charge >= 0.3 is 5.97 Å². The summed E-state index contributed by atoms with van der Waals surface area (Å²) in [6, 6.07) is 11.8. The van der Waals surface area contributed by atoms with E-state index in [-0.39, 0.29) is 23.4 Å². The molecular weight excluding hydrogens is 421 g/mol. The second-order valence-corrected chi connectivity index (χ2v) is 9.60. The van der Waals surface area contributed by atoms with E-state index in [1.807, 2.05) is 6.92 Å². The standard InChI is InChI=1S/C20H21Cl2NO4S/c1-14-2-5-17(6-3-14)28(25,26)23-10-8-16(9-11-23)20(24)27-13-15-4-7-18(21)19(22)12-15/h2-7,12,16H,8-11,13H2,1H3. The van der Waals surface area contributed by atoms with Gasteiger partial charge in [-0.15, -0.1) is 0 Å². The maximum Gasteiger partial charge on any atom is 0.309 e. The van der Waals surface area contributed by atoms with Crippen LogP contribution in [0.25, 0.3) is 0 Å². The minimum atomic E-state index is -3.54. The lowest BCUT2D eigenvalue weighted by atomic mass is 9.98. The van der Waals surface area contributed by atoms with Crippen molar-refractivity contribution in [1.29, 1.82) is 0 Å². The van der Waals surface area contributed by atoms with Crippen molar-refractivity contribution < 1.29 is 17.9 Å². The van der Waals surface area contributed by atoms with E-state index in [2.05, 4.69) is 0 Å². The van der Waals surface area contributed by atoms with Crippen molar-refractivity contribution in [2.24, 2.45) is 5.92 Å². The third-order valence-corrected chi connectivity index (χ3v) is 7.46. The first-order valence-electron chi connectivity index (χ1n) is 8.95. The third-order valence-electron chi connectivity index (χ3n) is 4.81. The number of rotatable bonds is 5. The SMILES string of the molecule is Cc1ccc(S(=O)(=O)N2CCC(C(=O)OCc3ccc(Cl)c(Cl)c3)CC2)cc1. The van der Waals surface area contributed by atoms with E-state index in [0.29, 0.717) is 36.0 Å². The molecule has 0 bridgehead atoms. The van der Waals surface area contributed by atoms with Crippen LogP contribution in [0, 0.1) is 12.8 Å². The van der Waals surface area contributed by atoms with Gasteiger partial charge < -0.3 is 4.74 Å². The topological polar surface area (TPSA) is 63.7 Å². The molecule has 1 saturated heterocycles. The summed E-state index contributed by atoms with van der Waals surface area (Å²) in [6.07, 6.45) is 0.872. The Bertz CT molecular complexity index is 953. The highest BCUT2D eigenvalue weighted by Crippen LogP contribution is 2.26. The van der Waals surface area contributed by atoms with E-state index in [4.69, 9.17) is 27.9 Å². The zero-order valence-corrected chi connectivity index (χ0v) is 17.7. The van der Waals surface area contributed by atoms with Crippen molar-refractivity contribution in [1.82, 2.24) is 4.31 Å².